The fourth-order valence-electron chi connectivity index (χ4n) is 1.91. The Labute approximate surface area is 101 Å². The molecule has 98 valence electrons. The molecule has 0 aromatic carbocycles. The second-order valence-electron chi connectivity index (χ2n) is 4.94. The van der Waals surface area contributed by atoms with Gasteiger partial charge in [-0.15, -0.1) is 0 Å². The molecule has 0 bridgehead atoms. The Bertz CT molecular complexity index is 164. The van der Waals surface area contributed by atoms with Gasteiger partial charge in [-0.25, -0.2) is 0 Å². The van der Waals surface area contributed by atoms with Crippen LogP contribution in [0.25, 0.3) is 0 Å². The molecular weight excluding hydrogens is 200 g/mol. The molecule has 1 N–H and O–H groups in total. The Kier molecular flexibility index (Phi) is 8.04. The van der Waals surface area contributed by atoms with E-state index in [1.54, 1.807) is 0 Å². The molecule has 0 heterocycles. The minimum atomic E-state index is -0.164. The van der Waals surface area contributed by atoms with Crippen molar-refractivity contribution in [3.8, 4) is 0 Å². The lowest BCUT2D eigenvalue weighted by molar-refractivity contribution is -0.0488. The molecule has 0 radical (unpaired) electrons. The topological polar surface area (TPSA) is 29.5 Å². The van der Waals surface area contributed by atoms with E-state index in [1.165, 1.54) is 0 Å². The van der Waals surface area contributed by atoms with Gasteiger partial charge in [-0.1, -0.05) is 34.1 Å². The highest BCUT2D eigenvalue weighted by atomic mass is 16.5. The Hall–Kier alpha value is -0.0800. The van der Waals surface area contributed by atoms with Crippen molar-refractivity contribution in [2.75, 3.05) is 6.61 Å². The largest absolute Gasteiger partial charge is 0.393 e. The molecule has 0 rings (SSSR count). The van der Waals surface area contributed by atoms with Crippen LogP contribution in [0.4, 0.5) is 0 Å². The summed E-state index contributed by atoms with van der Waals surface area (Å²) in [4.78, 5) is 0. The molecule has 0 amide bonds. The predicted octanol–water partition coefficient (Wildman–Crippen LogP) is 3.77. The highest BCUT2D eigenvalue weighted by molar-refractivity contribution is 4.72. The summed E-state index contributed by atoms with van der Waals surface area (Å²) in [6.07, 6.45) is 4.79. The highest BCUT2D eigenvalue weighted by Gasteiger charge is 2.21. The van der Waals surface area contributed by atoms with Gasteiger partial charge in [-0.2, -0.15) is 0 Å². The van der Waals surface area contributed by atoms with Crippen LogP contribution in [-0.4, -0.2) is 23.4 Å². The lowest BCUT2D eigenvalue weighted by atomic mass is 9.94. The number of aliphatic hydroxyl groups excluding tert-OH is 1. The van der Waals surface area contributed by atoms with Gasteiger partial charge in [0.1, 0.15) is 0 Å². The van der Waals surface area contributed by atoms with Crippen LogP contribution < -0.4 is 0 Å². The molecule has 0 aliphatic heterocycles. The fourth-order valence-corrected chi connectivity index (χ4v) is 1.91. The maximum absolute atomic E-state index is 9.81. The van der Waals surface area contributed by atoms with Gasteiger partial charge in [0, 0.05) is 6.61 Å². The molecule has 0 aliphatic carbocycles. The van der Waals surface area contributed by atoms with E-state index in [-0.39, 0.29) is 11.7 Å². The third-order valence-electron chi connectivity index (χ3n) is 3.92. The van der Waals surface area contributed by atoms with E-state index in [2.05, 4.69) is 27.7 Å². The van der Waals surface area contributed by atoms with E-state index in [0.717, 1.165) is 38.7 Å². The van der Waals surface area contributed by atoms with E-state index in [1.807, 2.05) is 6.92 Å². The lowest BCUT2D eigenvalue weighted by Crippen LogP contribution is -2.29. The third kappa shape index (κ3) is 5.31. The van der Waals surface area contributed by atoms with Crippen LogP contribution in [-0.2, 0) is 4.74 Å². The van der Waals surface area contributed by atoms with Gasteiger partial charge in [0.15, 0.2) is 0 Å². The summed E-state index contributed by atoms with van der Waals surface area (Å²) < 4.78 is 5.94. The molecule has 0 saturated carbocycles. The van der Waals surface area contributed by atoms with Crippen molar-refractivity contribution in [3.63, 3.8) is 0 Å². The van der Waals surface area contributed by atoms with Crippen LogP contribution in [0.2, 0.25) is 0 Å². The van der Waals surface area contributed by atoms with Gasteiger partial charge in [-0.3, -0.25) is 0 Å². The van der Waals surface area contributed by atoms with Crippen LogP contribution >= 0.6 is 0 Å². The first-order valence-corrected chi connectivity index (χ1v) is 6.84. The Morgan fingerprint density at radius 1 is 1.06 bits per heavy atom. The smallest absolute Gasteiger partial charge is 0.0649 e. The first-order chi connectivity index (χ1) is 7.52. The second-order valence-corrected chi connectivity index (χ2v) is 4.94. The average Bonchev–Trinajstić information content (AvgIpc) is 2.33. The summed E-state index contributed by atoms with van der Waals surface area (Å²) in [5, 5.41) is 9.81. The fraction of sp³-hybridized carbons (Fsp3) is 1.00. The van der Waals surface area contributed by atoms with Crippen LogP contribution in [0.5, 0.6) is 0 Å². The maximum atomic E-state index is 9.81. The normalized spacial score (nSPS) is 16.1. The molecule has 0 fully saturated rings. The molecular formula is C14H30O2. The van der Waals surface area contributed by atoms with Gasteiger partial charge < -0.3 is 9.84 Å². The number of rotatable bonds is 9. The second kappa shape index (κ2) is 8.08. The summed E-state index contributed by atoms with van der Waals surface area (Å²) in [5.41, 5.74) is 0.0233. The minimum Gasteiger partial charge on any atom is -0.393 e. The summed E-state index contributed by atoms with van der Waals surface area (Å²) in [5.74, 6) is 0.392. The third-order valence-corrected chi connectivity index (χ3v) is 3.92. The molecule has 0 aliphatic rings. The minimum absolute atomic E-state index is 0.0233. The van der Waals surface area contributed by atoms with Crippen molar-refractivity contribution in [1.29, 1.82) is 0 Å². The molecule has 2 nitrogen and oxygen atoms in total. The highest BCUT2D eigenvalue weighted by Crippen LogP contribution is 2.22. The summed E-state index contributed by atoms with van der Waals surface area (Å²) in [6, 6.07) is 0. The van der Waals surface area contributed by atoms with Gasteiger partial charge in [-0.05, 0) is 38.5 Å². The van der Waals surface area contributed by atoms with E-state index < -0.39 is 0 Å². The van der Waals surface area contributed by atoms with Crippen molar-refractivity contribution in [2.45, 2.75) is 78.4 Å². The molecule has 2 atom stereocenters. The van der Waals surface area contributed by atoms with Crippen LogP contribution in [0.3, 0.4) is 0 Å². The summed E-state index contributed by atoms with van der Waals surface area (Å²) >= 11 is 0. The predicted molar refractivity (Wildman–Crippen MR) is 69.6 cm³/mol. The van der Waals surface area contributed by atoms with E-state index in [4.69, 9.17) is 4.74 Å². The molecule has 2 unspecified atom stereocenters. The van der Waals surface area contributed by atoms with Gasteiger partial charge in [0.25, 0.3) is 0 Å². The molecule has 0 aromatic heterocycles. The van der Waals surface area contributed by atoms with Gasteiger partial charge in [0.05, 0.1) is 11.7 Å². The summed E-state index contributed by atoms with van der Waals surface area (Å²) in [7, 11) is 0. The summed E-state index contributed by atoms with van der Waals surface area (Å²) in [6.45, 7) is 11.5. The number of ether oxygens (including phenoxy) is 1. The lowest BCUT2D eigenvalue weighted by Gasteiger charge is -2.29. The standard InChI is InChI=1S/C14H30O2/c1-6-12(13(15)7-2)10-11-16-14(5,8-3)9-4/h12-13,15H,6-11H2,1-5H3. The molecule has 0 saturated heterocycles. The Morgan fingerprint density at radius 3 is 2.00 bits per heavy atom. The maximum Gasteiger partial charge on any atom is 0.0649 e. The van der Waals surface area contributed by atoms with Crippen molar-refractivity contribution in [2.24, 2.45) is 5.92 Å². The number of hydrogen-bond acceptors (Lipinski definition) is 2. The quantitative estimate of drug-likeness (QED) is 0.653. The van der Waals surface area contributed by atoms with Crippen LogP contribution in [0.1, 0.15) is 66.7 Å². The first-order valence-electron chi connectivity index (χ1n) is 6.84. The molecule has 2 heteroatoms. The Balaban J connectivity index is 3.94. The zero-order valence-electron chi connectivity index (χ0n) is 11.8. The number of aliphatic hydroxyl groups is 1. The molecule has 0 aromatic rings. The van der Waals surface area contributed by atoms with Crippen molar-refractivity contribution < 1.29 is 9.84 Å². The van der Waals surface area contributed by atoms with Crippen LogP contribution in [0.15, 0.2) is 0 Å². The van der Waals surface area contributed by atoms with E-state index >= 15 is 0 Å². The van der Waals surface area contributed by atoms with Crippen molar-refractivity contribution >= 4 is 0 Å². The van der Waals surface area contributed by atoms with Crippen molar-refractivity contribution in [3.05, 3.63) is 0 Å². The van der Waals surface area contributed by atoms with Gasteiger partial charge >= 0.3 is 0 Å². The first kappa shape index (κ1) is 15.9. The van der Waals surface area contributed by atoms with Crippen molar-refractivity contribution in [1.82, 2.24) is 0 Å². The average molecular weight is 230 g/mol. The zero-order valence-corrected chi connectivity index (χ0v) is 11.8. The Morgan fingerprint density at radius 2 is 1.62 bits per heavy atom. The van der Waals surface area contributed by atoms with Gasteiger partial charge in [0.2, 0.25) is 0 Å². The van der Waals surface area contributed by atoms with E-state index in [0.29, 0.717) is 5.92 Å². The monoisotopic (exact) mass is 230 g/mol. The van der Waals surface area contributed by atoms with E-state index in [9.17, 15) is 5.11 Å². The zero-order chi connectivity index (χ0) is 12.6. The number of hydrogen-bond donors (Lipinski definition) is 1. The van der Waals surface area contributed by atoms with Crippen LogP contribution in [0, 0.1) is 5.92 Å². The molecule has 16 heavy (non-hydrogen) atoms. The molecule has 0 spiro atoms. The SMILES string of the molecule is CCC(O)C(CC)CCOC(C)(CC)CC.